The molecule has 0 aliphatic rings. The Morgan fingerprint density at radius 3 is 2.13 bits per heavy atom. The van der Waals surface area contributed by atoms with Crippen LogP contribution in [0, 0.1) is 0 Å². The standard InChI is InChI=1S/C8H8F3NO2.ClH/c9-8(10,11)7(12)5-2-1-4(13)3-6(5)14;/h1-3,7,13-14H,12H2;1H/t7-;/m1./s1. The van der Waals surface area contributed by atoms with Crippen LogP contribution in [0.15, 0.2) is 18.2 Å². The first-order chi connectivity index (χ1) is 6.32. The highest BCUT2D eigenvalue weighted by atomic mass is 35.5. The summed E-state index contributed by atoms with van der Waals surface area (Å²) in [4.78, 5) is 0. The zero-order chi connectivity index (χ0) is 10.9. The number of halogens is 4. The maximum absolute atomic E-state index is 12.1. The second-order valence-electron chi connectivity index (χ2n) is 2.76. The third kappa shape index (κ3) is 3.17. The molecule has 0 saturated heterocycles. The van der Waals surface area contributed by atoms with Gasteiger partial charge in [-0.05, 0) is 12.1 Å². The molecule has 1 atom stereocenters. The lowest BCUT2D eigenvalue weighted by Crippen LogP contribution is -2.28. The Labute approximate surface area is 89.7 Å². The van der Waals surface area contributed by atoms with E-state index in [9.17, 15) is 13.2 Å². The van der Waals surface area contributed by atoms with Gasteiger partial charge in [0.1, 0.15) is 17.5 Å². The lowest BCUT2D eigenvalue weighted by Gasteiger charge is -2.16. The number of aromatic hydroxyl groups is 2. The summed E-state index contributed by atoms with van der Waals surface area (Å²) < 4.78 is 36.4. The molecule has 1 rings (SSSR count). The van der Waals surface area contributed by atoms with Crippen molar-refractivity contribution in [3.05, 3.63) is 23.8 Å². The summed E-state index contributed by atoms with van der Waals surface area (Å²) in [6.07, 6.45) is -4.62. The lowest BCUT2D eigenvalue weighted by molar-refractivity contribution is -0.149. The Hall–Kier alpha value is -1.14. The van der Waals surface area contributed by atoms with E-state index in [0.29, 0.717) is 0 Å². The fraction of sp³-hybridized carbons (Fsp3) is 0.250. The van der Waals surface area contributed by atoms with E-state index in [1.165, 1.54) is 0 Å². The van der Waals surface area contributed by atoms with Crippen LogP contribution in [-0.4, -0.2) is 16.4 Å². The van der Waals surface area contributed by atoms with Gasteiger partial charge in [0.2, 0.25) is 0 Å². The lowest BCUT2D eigenvalue weighted by atomic mass is 10.1. The molecule has 1 aromatic rings. The first-order valence-electron chi connectivity index (χ1n) is 3.66. The second kappa shape index (κ2) is 4.59. The first kappa shape index (κ1) is 13.9. The van der Waals surface area contributed by atoms with Crippen molar-refractivity contribution in [2.45, 2.75) is 12.2 Å². The molecule has 0 bridgehead atoms. The van der Waals surface area contributed by atoms with Crippen molar-refractivity contribution in [2.24, 2.45) is 5.73 Å². The zero-order valence-electron chi connectivity index (χ0n) is 7.32. The van der Waals surface area contributed by atoms with Crippen molar-refractivity contribution in [2.75, 3.05) is 0 Å². The number of benzene rings is 1. The largest absolute Gasteiger partial charge is 0.508 e. The molecule has 4 N–H and O–H groups in total. The summed E-state index contributed by atoms with van der Waals surface area (Å²) in [6, 6.07) is 0.521. The van der Waals surface area contributed by atoms with E-state index in [1.807, 2.05) is 0 Å². The van der Waals surface area contributed by atoms with E-state index in [4.69, 9.17) is 15.9 Å². The fourth-order valence-electron chi connectivity index (χ4n) is 0.971. The minimum atomic E-state index is -4.62. The molecule has 0 aliphatic heterocycles. The maximum Gasteiger partial charge on any atom is 0.407 e. The molecule has 0 radical (unpaired) electrons. The number of phenolic OH excluding ortho intramolecular Hbond substituents is 2. The highest BCUT2D eigenvalue weighted by Crippen LogP contribution is 2.36. The molecule has 7 heteroatoms. The molecule has 86 valence electrons. The molecule has 0 aliphatic carbocycles. The van der Waals surface area contributed by atoms with Crippen LogP contribution in [0.5, 0.6) is 11.5 Å². The van der Waals surface area contributed by atoms with Gasteiger partial charge >= 0.3 is 6.18 Å². The van der Waals surface area contributed by atoms with E-state index in [2.05, 4.69) is 0 Å². The number of phenols is 2. The average molecular weight is 244 g/mol. The van der Waals surface area contributed by atoms with Crippen LogP contribution in [0.4, 0.5) is 13.2 Å². The monoisotopic (exact) mass is 243 g/mol. The minimum absolute atomic E-state index is 0. The van der Waals surface area contributed by atoms with E-state index < -0.39 is 23.5 Å². The molecule has 0 fully saturated rings. The zero-order valence-corrected chi connectivity index (χ0v) is 8.14. The molecule has 0 amide bonds. The van der Waals surface area contributed by atoms with E-state index in [1.54, 1.807) is 0 Å². The van der Waals surface area contributed by atoms with Crippen molar-refractivity contribution in [1.82, 2.24) is 0 Å². The number of nitrogens with two attached hydrogens (primary N) is 1. The van der Waals surface area contributed by atoms with Crippen LogP contribution < -0.4 is 5.73 Å². The van der Waals surface area contributed by atoms with Gasteiger partial charge in [0.05, 0.1) is 0 Å². The average Bonchev–Trinajstić information content (AvgIpc) is 2.01. The van der Waals surface area contributed by atoms with Gasteiger partial charge in [-0.1, -0.05) is 0 Å². The second-order valence-corrected chi connectivity index (χ2v) is 2.76. The van der Waals surface area contributed by atoms with Gasteiger partial charge < -0.3 is 15.9 Å². The molecule has 15 heavy (non-hydrogen) atoms. The topological polar surface area (TPSA) is 66.5 Å². The van der Waals surface area contributed by atoms with Gasteiger partial charge in [-0.3, -0.25) is 0 Å². The van der Waals surface area contributed by atoms with Gasteiger partial charge in [0.25, 0.3) is 0 Å². The summed E-state index contributed by atoms with van der Waals surface area (Å²) in [7, 11) is 0. The Kier molecular flexibility index (Phi) is 4.24. The van der Waals surface area contributed by atoms with Crippen molar-refractivity contribution in [3.8, 4) is 11.5 Å². The number of hydrogen-bond acceptors (Lipinski definition) is 3. The van der Waals surface area contributed by atoms with Crippen LogP contribution in [0.3, 0.4) is 0 Å². The van der Waals surface area contributed by atoms with Crippen molar-refractivity contribution in [1.29, 1.82) is 0 Å². The van der Waals surface area contributed by atoms with E-state index >= 15 is 0 Å². The molecule has 3 nitrogen and oxygen atoms in total. The Morgan fingerprint density at radius 2 is 1.73 bits per heavy atom. The molecular weight excluding hydrogens is 235 g/mol. The van der Waals surface area contributed by atoms with Crippen molar-refractivity contribution in [3.63, 3.8) is 0 Å². The molecule has 0 saturated carbocycles. The van der Waals surface area contributed by atoms with E-state index in [-0.39, 0.29) is 18.2 Å². The molecular formula is C8H9ClF3NO2. The van der Waals surface area contributed by atoms with Gasteiger partial charge in [-0.2, -0.15) is 13.2 Å². The predicted octanol–water partition coefficient (Wildman–Crippen LogP) is 2.08. The minimum Gasteiger partial charge on any atom is -0.508 e. The van der Waals surface area contributed by atoms with Crippen LogP contribution in [-0.2, 0) is 0 Å². The Balaban J connectivity index is 0.00000196. The highest BCUT2D eigenvalue weighted by molar-refractivity contribution is 5.85. The summed E-state index contributed by atoms with van der Waals surface area (Å²) in [5, 5.41) is 17.9. The number of alkyl halides is 3. The summed E-state index contributed by atoms with van der Waals surface area (Å²) in [5.41, 5.74) is 4.39. The SMILES string of the molecule is Cl.N[C@H](c1ccc(O)cc1O)C(F)(F)F. The quantitative estimate of drug-likeness (QED) is 0.707. The van der Waals surface area contributed by atoms with Gasteiger partial charge in [0, 0.05) is 11.6 Å². The fourth-order valence-corrected chi connectivity index (χ4v) is 0.971. The van der Waals surface area contributed by atoms with E-state index in [0.717, 1.165) is 18.2 Å². The van der Waals surface area contributed by atoms with Gasteiger partial charge in [0.15, 0.2) is 0 Å². The van der Waals surface area contributed by atoms with Crippen LogP contribution >= 0.6 is 12.4 Å². The Bertz CT molecular complexity index is 343. The van der Waals surface area contributed by atoms with Crippen LogP contribution in [0.25, 0.3) is 0 Å². The van der Waals surface area contributed by atoms with Gasteiger partial charge in [-0.25, -0.2) is 0 Å². The molecule has 0 unspecified atom stereocenters. The molecule has 0 heterocycles. The molecule has 0 aromatic heterocycles. The normalized spacial score (nSPS) is 13.1. The predicted molar refractivity (Wildman–Crippen MR) is 50.0 cm³/mol. The third-order valence-corrected chi connectivity index (χ3v) is 1.70. The summed E-state index contributed by atoms with van der Waals surface area (Å²) in [5.74, 6) is -0.990. The molecule has 1 aromatic carbocycles. The Morgan fingerprint density at radius 1 is 1.20 bits per heavy atom. The molecule has 0 spiro atoms. The van der Waals surface area contributed by atoms with Crippen LogP contribution in [0.2, 0.25) is 0 Å². The smallest absolute Gasteiger partial charge is 0.407 e. The van der Waals surface area contributed by atoms with Gasteiger partial charge in [-0.15, -0.1) is 12.4 Å². The number of hydrogen-bond donors (Lipinski definition) is 3. The summed E-state index contributed by atoms with van der Waals surface area (Å²) in [6.45, 7) is 0. The highest BCUT2D eigenvalue weighted by Gasteiger charge is 2.39. The summed E-state index contributed by atoms with van der Waals surface area (Å²) >= 11 is 0. The maximum atomic E-state index is 12.1. The number of rotatable bonds is 1. The van der Waals surface area contributed by atoms with Crippen molar-refractivity contribution >= 4 is 12.4 Å². The van der Waals surface area contributed by atoms with Crippen LogP contribution in [0.1, 0.15) is 11.6 Å². The first-order valence-corrected chi connectivity index (χ1v) is 3.66. The third-order valence-electron chi connectivity index (χ3n) is 1.70. The van der Waals surface area contributed by atoms with Crippen molar-refractivity contribution < 1.29 is 23.4 Å².